The highest BCUT2D eigenvalue weighted by atomic mass is 32.2. The molecule has 1 aliphatic carbocycles. The first-order valence-corrected chi connectivity index (χ1v) is 7.79. The molecule has 19 heavy (non-hydrogen) atoms. The number of alkyl halides is 3. The van der Waals surface area contributed by atoms with Gasteiger partial charge in [0.25, 0.3) is 10.0 Å². The summed E-state index contributed by atoms with van der Waals surface area (Å²) in [5, 5.41) is 8.48. The number of nitrogens with zero attached hydrogens (tertiary/aromatic N) is 1. The molecule has 1 aliphatic rings. The van der Waals surface area contributed by atoms with E-state index in [1.165, 1.54) is 0 Å². The molecule has 0 aromatic carbocycles. The standard InChI is InChI=1S/C9H11F3N2O3S2/c10-9(11,12)8-13-7(4-18-8)19(16,17)14-5-2-1-3-6(5)15/h4-6,14-15H,1-3H2/t5-,6-/m0/s1. The van der Waals surface area contributed by atoms with E-state index in [2.05, 4.69) is 9.71 Å². The van der Waals surface area contributed by atoms with Gasteiger partial charge in [-0.1, -0.05) is 0 Å². The molecule has 1 heterocycles. The van der Waals surface area contributed by atoms with Gasteiger partial charge in [0.05, 0.1) is 6.10 Å². The Hall–Kier alpha value is -0.710. The van der Waals surface area contributed by atoms with Gasteiger partial charge in [-0.25, -0.2) is 18.1 Å². The van der Waals surface area contributed by atoms with Crippen LogP contribution in [0.2, 0.25) is 0 Å². The predicted molar refractivity (Wildman–Crippen MR) is 61.1 cm³/mol. The number of hydrogen-bond donors (Lipinski definition) is 2. The maximum atomic E-state index is 12.3. The zero-order chi connectivity index (χ0) is 14.3. The van der Waals surface area contributed by atoms with E-state index in [-0.39, 0.29) is 11.3 Å². The summed E-state index contributed by atoms with van der Waals surface area (Å²) < 4.78 is 62.9. The summed E-state index contributed by atoms with van der Waals surface area (Å²) in [5.74, 6) is 0. The van der Waals surface area contributed by atoms with E-state index in [0.717, 1.165) is 5.38 Å². The summed E-state index contributed by atoms with van der Waals surface area (Å²) in [6.07, 6.45) is -3.88. The maximum Gasteiger partial charge on any atom is 0.443 e. The lowest BCUT2D eigenvalue weighted by molar-refractivity contribution is -0.137. The van der Waals surface area contributed by atoms with E-state index in [9.17, 15) is 26.7 Å². The second-order valence-electron chi connectivity index (χ2n) is 4.21. The van der Waals surface area contributed by atoms with Gasteiger partial charge in [0, 0.05) is 11.4 Å². The van der Waals surface area contributed by atoms with Crippen molar-refractivity contribution < 1.29 is 26.7 Å². The van der Waals surface area contributed by atoms with Gasteiger partial charge < -0.3 is 5.11 Å². The number of sulfonamides is 1. The fraction of sp³-hybridized carbons (Fsp3) is 0.667. The zero-order valence-electron chi connectivity index (χ0n) is 9.51. The molecular formula is C9H11F3N2O3S2. The quantitative estimate of drug-likeness (QED) is 0.882. The van der Waals surface area contributed by atoms with Crippen LogP contribution in [0.25, 0.3) is 0 Å². The number of hydrogen-bond acceptors (Lipinski definition) is 5. The normalized spacial score (nSPS) is 24.8. The number of halogens is 3. The second kappa shape index (κ2) is 5.00. The smallest absolute Gasteiger partial charge is 0.391 e. The third-order valence-electron chi connectivity index (χ3n) is 2.79. The molecule has 5 nitrogen and oxygen atoms in total. The van der Waals surface area contributed by atoms with E-state index in [1.807, 2.05) is 0 Å². The number of aliphatic hydroxyl groups is 1. The molecule has 0 saturated heterocycles. The Morgan fingerprint density at radius 1 is 1.42 bits per heavy atom. The van der Waals surface area contributed by atoms with Crippen molar-refractivity contribution in [2.45, 2.75) is 42.6 Å². The molecule has 0 aliphatic heterocycles. The highest BCUT2D eigenvalue weighted by Crippen LogP contribution is 2.32. The molecule has 0 spiro atoms. The van der Waals surface area contributed by atoms with Gasteiger partial charge in [0.15, 0.2) is 10.0 Å². The van der Waals surface area contributed by atoms with Crippen molar-refractivity contribution in [3.05, 3.63) is 10.4 Å². The lowest BCUT2D eigenvalue weighted by Gasteiger charge is -2.15. The highest BCUT2D eigenvalue weighted by molar-refractivity contribution is 7.89. The fourth-order valence-electron chi connectivity index (χ4n) is 1.85. The predicted octanol–water partition coefficient (Wildman–Crippen LogP) is 1.35. The molecule has 1 aromatic heterocycles. The van der Waals surface area contributed by atoms with Gasteiger partial charge in [-0.3, -0.25) is 0 Å². The molecule has 2 atom stereocenters. The van der Waals surface area contributed by atoms with E-state index in [1.54, 1.807) is 0 Å². The Kier molecular flexibility index (Phi) is 3.87. The van der Waals surface area contributed by atoms with Crippen LogP contribution in [0, 0.1) is 0 Å². The SMILES string of the molecule is O=S(=O)(N[C@H]1CCC[C@@H]1O)c1csc(C(F)(F)F)n1. The van der Waals surface area contributed by atoms with Crippen LogP contribution in [0.15, 0.2) is 10.4 Å². The maximum absolute atomic E-state index is 12.3. The Morgan fingerprint density at radius 2 is 2.11 bits per heavy atom. The molecule has 1 fully saturated rings. The Bertz CT molecular complexity index is 555. The first kappa shape index (κ1) is 14.7. The van der Waals surface area contributed by atoms with Gasteiger partial charge in [0.1, 0.15) is 0 Å². The van der Waals surface area contributed by atoms with Gasteiger partial charge in [-0.2, -0.15) is 13.2 Å². The van der Waals surface area contributed by atoms with Crippen LogP contribution in [-0.4, -0.2) is 30.7 Å². The molecule has 10 heteroatoms. The fourth-order valence-corrected chi connectivity index (χ4v) is 4.11. The van der Waals surface area contributed by atoms with Crippen LogP contribution in [0.3, 0.4) is 0 Å². The number of thiazole rings is 1. The lowest BCUT2D eigenvalue weighted by atomic mass is 10.2. The van der Waals surface area contributed by atoms with E-state index >= 15 is 0 Å². The van der Waals surface area contributed by atoms with E-state index in [4.69, 9.17) is 0 Å². The highest BCUT2D eigenvalue weighted by Gasteiger charge is 2.37. The third-order valence-corrected chi connectivity index (χ3v) is 5.20. The largest absolute Gasteiger partial charge is 0.443 e. The van der Waals surface area contributed by atoms with Crippen LogP contribution in [0.1, 0.15) is 24.3 Å². The van der Waals surface area contributed by atoms with Crippen LogP contribution in [-0.2, 0) is 16.2 Å². The summed E-state index contributed by atoms with van der Waals surface area (Å²) in [5.41, 5.74) is 0. The Morgan fingerprint density at radius 3 is 2.58 bits per heavy atom. The van der Waals surface area contributed by atoms with Crippen molar-refractivity contribution >= 4 is 21.4 Å². The summed E-state index contributed by atoms with van der Waals surface area (Å²) in [6.45, 7) is 0. The van der Waals surface area contributed by atoms with Crippen molar-refractivity contribution in [2.24, 2.45) is 0 Å². The molecule has 2 rings (SSSR count). The molecular weight excluding hydrogens is 305 g/mol. The van der Waals surface area contributed by atoms with Crippen LogP contribution in [0.4, 0.5) is 13.2 Å². The molecule has 0 bridgehead atoms. The number of rotatable bonds is 3. The molecule has 1 saturated carbocycles. The van der Waals surface area contributed by atoms with Gasteiger partial charge in [-0.15, -0.1) is 11.3 Å². The van der Waals surface area contributed by atoms with Crippen LogP contribution >= 0.6 is 11.3 Å². The third kappa shape index (κ3) is 3.25. The minimum atomic E-state index is -4.66. The second-order valence-corrected chi connectivity index (χ2v) is 6.73. The van der Waals surface area contributed by atoms with Gasteiger partial charge >= 0.3 is 6.18 Å². The lowest BCUT2D eigenvalue weighted by Crippen LogP contribution is -2.39. The first-order chi connectivity index (χ1) is 8.70. The molecule has 0 unspecified atom stereocenters. The van der Waals surface area contributed by atoms with E-state index in [0.29, 0.717) is 19.3 Å². The van der Waals surface area contributed by atoms with Crippen molar-refractivity contribution in [2.75, 3.05) is 0 Å². The van der Waals surface area contributed by atoms with Crippen LogP contribution < -0.4 is 4.72 Å². The monoisotopic (exact) mass is 316 g/mol. The molecule has 0 radical (unpaired) electrons. The Balaban J connectivity index is 2.18. The minimum absolute atomic E-state index is 0.224. The zero-order valence-corrected chi connectivity index (χ0v) is 11.1. The summed E-state index contributed by atoms with van der Waals surface area (Å²) in [4.78, 5) is 3.08. The van der Waals surface area contributed by atoms with Crippen molar-refractivity contribution in [1.82, 2.24) is 9.71 Å². The van der Waals surface area contributed by atoms with E-state index < -0.39 is 38.4 Å². The summed E-state index contributed by atoms with van der Waals surface area (Å²) in [6, 6.07) is -0.666. The Labute approximate surface area is 111 Å². The number of aliphatic hydroxyl groups excluding tert-OH is 1. The first-order valence-electron chi connectivity index (χ1n) is 5.43. The molecule has 1 aromatic rings. The molecule has 2 N–H and O–H groups in total. The van der Waals surface area contributed by atoms with Gasteiger partial charge in [0.2, 0.25) is 0 Å². The van der Waals surface area contributed by atoms with Crippen molar-refractivity contribution in [1.29, 1.82) is 0 Å². The van der Waals surface area contributed by atoms with Crippen LogP contribution in [0.5, 0.6) is 0 Å². The molecule has 0 amide bonds. The number of aromatic nitrogens is 1. The summed E-state index contributed by atoms with van der Waals surface area (Å²) >= 11 is 0.224. The number of nitrogens with one attached hydrogen (secondary N) is 1. The van der Waals surface area contributed by atoms with Gasteiger partial charge in [-0.05, 0) is 19.3 Å². The summed E-state index contributed by atoms with van der Waals surface area (Å²) in [7, 11) is -4.13. The topological polar surface area (TPSA) is 79.3 Å². The van der Waals surface area contributed by atoms with Crippen molar-refractivity contribution in [3.63, 3.8) is 0 Å². The average Bonchev–Trinajstić information content (AvgIpc) is 2.87. The minimum Gasteiger partial charge on any atom is -0.391 e. The average molecular weight is 316 g/mol. The molecule has 108 valence electrons. The van der Waals surface area contributed by atoms with Crippen molar-refractivity contribution in [3.8, 4) is 0 Å².